The van der Waals surface area contributed by atoms with Crippen molar-refractivity contribution in [2.45, 2.75) is 18.9 Å². The summed E-state index contributed by atoms with van der Waals surface area (Å²) in [4.78, 5) is 12.1. The van der Waals surface area contributed by atoms with Gasteiger partial charge in [-0.1, -0.05) is 0 Å². The van der Waals surface area contributed by atoms with E-state index in [1.807, 2.05) is 18.2 Å². The molecule has 4 atom stereocenters. The van der Waals surface area contributed by atoms with Crippen LogP contribution in [0.5, 0.6) is 34.5 Å². The highest BCUT2D eigenvalue weighted by atomic mass is 16.6. The molecule has 0 bridgehead atoms. The van der Waals surface area contributed by atoms with Gasteiger partial charge in [-0.2, -0.15) is 0 Å². The van der Waals surface area contributed by atoms with Gasteiger partial charge >= 0.3 is 5.97 Å². The Balaban J connectivity index is 2.05. The molecular formula is C26H32O9. The van der Waals surface area contributed by atoms with Gasteiger partial charge in [0.2, 0.25) is 11.5 Å². The molecule has 4 rings (SSSR count). The predicted molar refractivity (Wildman–Crippen MR) is 126 cm³/mol. The molecule has 2 aromatic rings. The summed E-state index contributed by atoms with van der Waals surface area (Å²) in [6.45, 7) is 2.36. The van der Waals surface area contributed by atoms with Gasteiger partial charge in [-0.05, 0) is 23.8 Å². The van der Waals surface area contributed by atoms with Crippen molar-refractivity contribution in [2.24, 2.45) is 11.8 Å². The fourth-order valence-electron chi connectivity index (χ4n) is 5.47. The van der Waals surface area contributed by atoms with Gasteiger partial charge in [-0.15, -0.1) is 0 Å². The molecule has 1 aliphatic carbocycles. The summed E-state index contributed by atoms with van der Waals surface area (Å²) in [6, 6.07) is 5.74. The molecule has 0 N–H and O–H groups in total. The molecule has 1 fully saturated rings. The van der Waals surface area contributed by atoms with Crippen molar-refractivity contribution < 1.29 is 42.7 Å². The van der Waals surface area contributed by atoms with Crippen LogP contribution < -0.4 is 28.4 Å². The van der Waals surface area contributed by atoms with Gasteiger partial charge < -0.3 is 37.9 Å². The molecule has 35 heavy (non-hydrogen) atoms. The highest BCUT2D eigenvalue weighted by molar-refractivity contribution is 5.69. The van der Waals surface area contributed by atoms with Gasteiger partial charge in [-0.3, -0.25) is 4.79 Å². The average Bonchev–Trinajstić information content (AvgIpc) is 3.35. The van der Waals surface area contributed by atoms with Crippen LogP contribution in [0.1, 0.15) is 35.6 Å². The third-order valence-electron chi connectivity index (χ3n) is 6.84. The van der Waals surface area contributed by atoms with E-state index in [0.29, 0.717) is 47.7 Å². The molecule has 0 radical (unpaired) electrons. The Morgan fingerprint density at radius 3 is 1.80 bits per heavy atom. The monoisotopic (exact) mass is 488 g/mol. The smallest absolute Gasteiger partial charge is 0.303 e. The Hall–Kier alpha value is -3.33. The molecule has 190 valence electrons. The van der Waals surface area contributed by atoms with Crippen molar-refractivity contribution in [3.8, 4) is 34.5 Å². The van der Waals surface area contributed by atoms with Gasteiger partial charge in [0, 0.05) is 35.8 Å². The van der Waals surface area contributed by atoms with E-state index in [9.17, 15) is 4.79 Å². The lowest BCUT2D eigenvalue weighted by atomic mass is 9.66. The maximum Gasteiger partial charge on any atom is 0.303 e. The van der Waals surface area contributed by atoms with E-state index in [0.717, 1.165) is 16.7 Å². The zero-order chi connectivity index (χ0) is 25.3. The Morgan fingerprint density at radius 2 is 1.29 bits per heavy atom. The van der Waals surface area contributed by atoms with Crippen LogP contribution in [0, 0.1) is 11.8 Å². The number of ether oxygens (including phenoxy) is 8. The summed E-state index contributed by atoms with van der Waals surface area (Å²) < 4.78 is 45.9. The van der Waals surface area contributed by atoms with Crippen LogP contribution in [0.2, 0.25) is 0 Å². The summed E-state index contributed by atoms with van der Waals surface area (Å²) >= 11 is 0. The number of hydrogen-bond donors (Lipinski definition) is 0. The minimum atomic E-state index is -0.526. The van der Waals surface area contributed by atoms with Gasteiger partial charge in [0.05, 0.1) is 55.9 Å². The SMILES string of the molecule is COc1cc([C@@H]2c3c(cc(OC)c(OC)c3OC)[C@H](OC(C)=O)[C@@H]3COC[C@@H]23)cc(OC)c1OC. The van der Waals surface area contributed by atoms with Crippen LogP contribution >= 0.6 is 0 Å². The van der Waals surface area contributed by atoms with Crippen LogP contribution in [-0.4, -0.2) is 61.8 Å². The van der Waals surface area contributed by atoms with E-state index < -0.39 is 6.10 Å². The molecule has 0 amide bonds. The van der Waals surface area contributed by atoms with Crippen molar-refractivity contribution in [2.75, 3.05) is 55.9 Å². The van der Waals surface area contributed by atoms with E-state index in [-0.39, 0.29) is 23.7 Å². The maximum atomic E-state index is 12.1. The van der Waals surface area contributed by atoms with E-state index >= 15 is 0 Å². The van der Waals surface area contributed by atoms with E-state index in [2.05, 4.69) is 0 Å². The lowest BCUT2D eigenvalue weighted by Gasteiger charge is -2.41. The van der Waals surface area contributed by atoms with Crippen molar-refractivity contribution >= 4 is 5.97 Å². The minimum Gasteiger partial charge on any atom is -0.493 e. The summed E-state index contributed by atoms with van der Waals surface area (Å²) in [6.07, 6.45) is -0.526. The van der Waals surface area contributed by atoms with Crippen LogP contribution in [0.25, 0.3) is 0 Å². The highest BCUT2D eigenvalue weighted by Crippen LogP contribution is 2.59. The molecule has 2 aliphatic rings. The van der Waals surface area contributed by atoms with E-state index in [1.54, 1.807) is 42.7 Å². The normalized spacial score (nSPS) is 22.5. The van der Waals surface area contributed by atoms with Gasteiger partial charge in [0.15, 0.2) is 23.0 Å². The molecule has 2 aromatic carbocycles. The first-order valence-corrected chi connectivity index (χ1v) is 11.3. The predicted octanol–water partition coefficient (Wildman–Crippen LogP) is 3.75. The number of carbonyl (C=O) groups excluding carboxylic acids is 1. The van der Waals surface area contributed by atoms with Crippen LogP contribution in [0.15, 0.2) is 18.2 Å². The van der Waals surface area contributed by atoms with Crippen LogP contribution in [0.3, 0.4) is 0 Å². The quantitative estimate of drug-likeness (QED) is 0.515. The number of methoxy groups -OCH3 is 6. The molecule has 1 heterocycles. The Morgan fingerprint density at radius 1 is 0.743 bits per heavy atom. The third-order valence-corrected chi connectivity index (χ3v) is 6.84. The minimum absolute atomic E-state index is 0.0124. The standard InChI is InChI=1S/C26H32O9/c1-13(27)35-23-15-10-20(30-4)25(32-6)26(33-7)22(15)21(16-11-34-12-17(16)23)14-8-18(28-2)24(31-5)19(9-14)29-3/h8-10,16-17,21,23H,11-12H2,1-7H3/t16-,17-,21+,23+/m1/s1. The second-order valence-corrected chi connectivity index (χ2v) is 8.48. The molecular weight excluding hydrogens is 456 g/mol. The lowest BCUT2D eigenvalue weighted by Crippen LogP contribution is -2.35. The fraction of sp³-hybridized carbons (Fsp3) is 0.500. The van der Waals surface area contributed by atoms with Crippen LogP contribution in [0.4, 0.5) is 0 Å². The molecule has 0 saturated carbocycles. The molecule has 1 saturated heterocycles. The number of fused-ring (bicyclic) bond motifs is 2. The van der Waals surface area contributed by atoms with Crippen molar-refractivity contribution in [3.05, 3.63) is 34.9 Å². The highest BCUT2D eigenvalue weighted by Gasteiger charge is 2.50. The second kappa shape index (κ2) is 10.1. The zero-order valence-corrected chi connectivity index (χ0v) is 21.1. The maximum absolute atomic E-state index is 12.1. The van der Waals surface area contributed by atoms with Gasteiger partial charge in [0.25, 0.3) is 0 Å². The number of rotatable bonds is 8. The number of carbonyl (C=O) groups is 1. The Bertz CT molecular complexity index is 1070. The van der Waals surface area contributed by atoms with E-state index in [1.165, 1.54) is 6.92 Å². The largest absolute Gasteiger partial charge is 0.493 e. The van der Waals surface area contributed by atoms with Gasteiger partial charge in [-0.25, -0.2) is 0 Å². The summed E-state index contributed by atoms with van der Waals surface area (Å²) in [5, 5.41) is 0. The lowest BCUT2D eigenvalue weighted by molar-refractivity contribution is -0.151. The van der Waals surface area contributed by atoms with Crippen molar-refractivity contribution in [1.82, 2.24) is 0 Å². The average molecular weight is 489 g/mol. The second-order valence-electron chi connectivity index (χ2n) is 8.48. The number of hydrogen-bond acceptors (Lipinski definition) is 9. The fourth-order valence-corrected chi connectivity index (χ4v) is 5.47. The van der Waals surface area contributed by atoms with E-state index in [4.69, 9.17) is 37.9 Å². The van der Waals surface area contributed by atoms with Crippen LogP contribution in [-0.2, 0) is 14.3 Å². The number of esters is 1. The van der Waals surface area contributed by atoms with Gasteiger partial charge in [0.1, 0.15) is 6.10 Å². The molecule has 1 aliphatic heterocycles. The first-order chi connectivity index (χ1) is 16.9. The zero-order valence-electron chi connectivity index (χ0n) is 21.1. The molecule has 0 spiro atoms. The Kier molecular flexibility index (Phi) is 7.16. The summed E-state index contributed by atoms with van der Waals surface area (Å²) in [5.74, 6) is 2.40. The molecule has 9 nitrogen and oxygen atoms in total. The Labute approximate surface area is 205 Å². The first kappa shape index (κ1) is 24.8. The topological polar surface area (TPSA) is 90.9 Å². The summed E-state index contributed by atoms with van der Waals surface area (Å²) in [7, 11) is 9.45. The third kappa shape index (κ3) is 4.07. The molecule has 9 heteroatoms. The summed E-state index contributed by atoms with van der Waals surface area (Å²) in [5.41, 5.74) is 2.56. The first-order valence-electron chi connectivity index (χ1n) is 11.3. The van der Waals surface area contributed by atoms with Crippen molar-refractivity contribution in [1.29, 1.82) is 0 Å². The van der Waals surface area contributed by atoms with Crippen molar-refractivity contribution in [3.63, 3.8) is 0 Å². The molecule has 0 aromatic heterocycles. The molecule has 0 unspecified atom stereocenters. The number of benzene rings is 2.